The zero-order chi connectivity index (χ0) is 14.2. The molecule has 1 aliphatic carbocycles. The molecule has 0 aromatic carbocycles. The fraction of sp³-hybridized carbons (Fsp3) is 0.867. The second-order valence-corrected chi connectivity index (χ2v) is 6.48. The second kappa shape index (κ2) is 5.45. The average molecular weight is 279 g/mol. The molecule has 1 saturated carbocycles. The first kappa shape index (κ1) is 14.0. The van der Waals surface area contributed by atoms with Gasteiger partial charge in [0.05, 0.1) is 11.6 Å². The van der Waals surface area contributed by atoms with Gasteiger partial charge in [-0.25, -0.2) is 0 Å². The van der Waals surface area contributed by atoms with E-state index in [1.54, 1.807) is 0 Å². The summed E-state index contributed by atoms with van der Waals surface area (Å²) < 4.78 is 11.2. The van der Waals surface area contributed by atoms with Crippen molar-refractivity contribution in [2.45, 2.75) is 76.5 Å². The van der Waals surface area contributed by atoms with Crippen molar-refractivity contribution in [2.24, 2.45) is 11.7 Å². The van der Waals surface area contributed by atoms with Crippen molar-refractivity contribution < 1.29 is 9.26 Å². The Labute approximate surface area is 120 Å². The fourth-order valence-corrected chi connectivity index (χ4v) is 3.38. The van der Waals surface area contributed by atoms with Crippen molar-refractivity contribution in [3.8, 4) is 0 Å². The Morgan fingerprint density at radius 3 is 2.60 bits per heavy atom. The Morgan fingerprint density at radius 1 is 1.25 bits per heavy atom. The van der Waals surface area contributed by atoms with Crippen LogP contribution in [0.25, 0.3) is 0 Å². The Kier molecular flexibility index (Phi) is 3.82. The van der Waals surface area contributed by atoms with E-state index in [9.17, 15) is 0 Å². The van der Waals surface area contributed by atoms with Gasteiger partial charge < -0.3 is 15.0 Å². The first-order valence-corrected chi connectivity index (χ1v) is 7.89. The van der Waals surface area contributed by atoms with Crippen LogP contribution in [0, 0.1) is 5.92 Å². The highest BCUT2D eigenvalue weighted by Crippen LogP contribution is 2.38. The van der Waals surface area contributed by atoms with E-state index in [-0.39, 0.29) is 12.2 Å². The van der Waals surface area contributed by atoms with E-state index in [1.807, 2.05) is 0 Å². The number of hydrogen-bond donors (Lipinski definition) is 1. The summed E-state index contributed by atoms with van der Waals surface area (Å²) in [7, 11) is 0. The summed E-state index contributed by atoms with van der Waals surface area (Å²) in [6, 6.07) is 0. The van der Waals surface area contributed by atoms with E-state index in [0.29, 0.717) is 11.7 Å². The van der Waals surface area contributed by atoms with Crippen LogP contribution in [-0.2, 0) is 10.3 Å². The van der Waals surface area contributed by atoms with E-state index >= 15 is 0 Å². The van der Waals surface area contributed by atoms with Gasteiger partial charge in [-0.1, -0.05) is 18.5 Å². The third kappa shape index (κ3) is 2.61. The second-order valence-electron chi connectivity index (χ2n) is 6.48. The standard InChI is InChI=1S/C15H25N3O2/c1-3-11-6-8-15(16,9-7-11)14-17-13(20-18-14)12-5-4-10(2)19-12/h10-12H,3-9,16H2,1-2H3. The van der Waals surface area contributed by atoms with Gasteiger partial charge in [0.1, 0.15) is 6.10 Å². The quantitative estimate of drug-likeness (QED) is 0.920. The number of nitrogens with zero attached hydrogens (tertiary/aromatic N) is 2. The Bertz CT molecular complexity index is 452. The number of ether oxygens (including phenoxy) is 1. The largest absolute Gasteiger partial charge is 0.365 e. The molecule has 2 N–H and O–H groups in total. The molecular weight excluding hydrogens is 254 g/mol. The molecule has 0 bridgehead atoms. The third-order valence-electron chi connectivity index (χ3n) is 4.97. The molecule has 3 rings (SSSR count). The van der Waals surface area contributed by atoms with E-state index < -0.39 is 5.54 Å². The van der Waals surface area contributed by atoms with Crippen LogP contribution in [0.1, 0.15) is 76.6 Å². The van der Waals surface area contributed by atoms with Crippen molar-refractivity contribution >= 4 is 0 Å². The monoisotopic (exact) mass is 279 g/mol. The van der Waals surface area contributed by atoms with Crippen LogP contribution in [0.4, 0.5) is 0 Å². The summed E-state index contributed by atoms with van der Waals surface area (Å²) in [5, 5.41) is 4.14. The van der Waals surface area contributed by atoms with E-state index in [0.717, 1.165) is 44.4 Å². The highest BCUT2D eigenvalue weighted by molar-refractivity contribution is 5.07. The molecule has 2 unspecified atom stereocenters. The Balaban J connectivity index is 1.70. The van der Waals surface area contributed by atoms with Gasteiger partial charge in [0.25, 0.3) is 5.89 Å². The molecule has 1 aliphatic heterocycles. The lowest BCUT2D eigenvalue weighted by Gasteiger charge is -2.34. The summed E-state index contributed by atoms with van der Waals surface area (Å²) in [5.74, 6) is 2.08. The van der Waals surface area contributed by atoms with Crippen LogP contribution in [0.2, 0.25) is 0 Å². The first-order chi connectivity index (χ1) is 9.60. The molecule has 2 fully saturated rings. The predicted octanol–water partition coefficient (Wildman–Crippen LogP) is 3.06. The van der Waals surface area contributed by atoms with Gasteiger partial charge in [-0.3, -0.25) is 0 Å². The van der Waals surface area contributed by atoms with Crippen molar-refractivity contribution in [2.75, 3.05) is 0 Å². The van der Waals surface area contributed by atoms with Crippen LogP contribution < -0.4 is 5.73 Å². The molecule has 0 radical (unpaired) electrons. The minimum atomic E-state index is -0.405. The number of hydrogen-bond acceptors (Lipinski definition) is 5. The van der Waals surface area contributed by atoms with E-state index in [2.05, 4.69) is 24.0 Å². The molecule has 1 aromatic heterocycles. The van der Waals surface area contributed by atoms with Crippen molar-refractivity contribution in [3.05, 3.63) is 11.7 Å². The summed E-state index contributed by atoms with van der Waals surface area (Å²) in [5.41, 5.74) is 6.11. The zero-order valence-corrected chi connectivity index (χ0v) is 12.5. The summed E-state index contributed by atoms with van der Waals surface area (Å²) in [6.07, 6.45) is 7.71. The van der Waals surface area contributed by atoms with Gasteiger partial charge in [0, 0.05) is 0 Å². The lowest BCUT2D eigenvalue weighted by molar-refractivity contribution is 0.0355. The first-order valence-electron chi connectivity index (χ1n) is 7.89. The molecule has 2 heterocycles. The average Bonchev–Trinajstić information content (AvgIpc) is 3.08. The molecule has 1 aromatic rings. The highest BCUT2D eigenvalue weighted by Gasteiger charge is 2.38. The molecule has 5 nitrogen and oxygen atoms in total. The van der Waals surface area contributed by atoms with E-state index in [1.165, 1.54) is 6.42 Å². The molecule has 2 atom stereocenters. The van der Waals surface area contributed by atoms with Crippen LogP contribution in [0.5, 0.6) is 0 Å². The molecule has 5 heteroatoms. The normalized spacial score (nSPS) is 38.2. The Morgan fingerprint density at radius 2 is 2.00 bits per heavy atom. The Hall–Kier alpha value is -0.940. The maximum atomic E-state index is 6.51. The SMILES string of the molecule is CCC1CCC(N)(c2noc(C3CCC(C)O3)n2)CC1. The molecule has 20 heavy (non-hydrogen) atoms. The maximum absolute atomic E-state index is 6.51. The highest BCUT2D eigenvalue weighted by atomic mass is 16.5. The van der Waals surface area contributed by atoms with E-state index in [4.69, 9.17) is 15.0 Å². The third-order valence-corrected chi connectivity index (χ3v) is 4.97. The molecule has 0 amide bonds. The molecular formula is C15H25N3O2. The zero-order valence-electron chi connectivity index (χ0n) is 12.5. The minimum Gasteiger partial charge on any atom is -0.365 e. The van der Waals surface area contributed by atoms with Crippen LogP contribution in [0.15, 0.2) is 4.52 Å². The smallest absolute Gasteiger partial charge is 0.255 e. The summed E-state index contributed by atoms with van der Waals surface area (Å²) in [4.78, 5) is 4.55. The molecule has 1 saturated heterocycles. The van der Waals surface area contributed by atoms with Crippen molar-refractivity contribution in [3.63, 3.8) is 0 Å². The van der Waals surface area contributed by atoms with Gasteiger partial charge >= 0.3 is 0 Å². The van der Waals surface area contributed by atoms with Crippen LogP contribution >= 0.6 is 0 Å². The fourth-order valence-electron chi connectivity index (χ4n) is 3.38. The number of nitrogens with two attached hydrogens (primary N) is 1. The topological polar surface area (TPSA) is 74.2 Å². The van der Waals surface area contributed by atoms with Gasteiger partial charge in [-0.05, 0) is 51.4 Å². The molecule has 0 spiro atoms. The number of aromatic nitrogens is 2. The summed E-state index contributed by atoms with van der Waals surface area (Å²) in [6.45, 7) is 4.33. The van der Waals surface area contributed by atoms with Gasteiger partial charge in [0.15, 0.2) is 5.82 Å². The lowest BCUT2D eigenvalue weighted by atomic mass is 9.76. The summed E-state index contributed by atoms with van der Waals surface area (Å²) >= 11 is 0. The van der Waals surface area contributed by atoms with Gasteiger partial charge in [-0.15, -0.1) is 0 Å². The van der Waals surface area contributed by atoms with Gasteiger partial charge in [0.2, 0.25) is 0 Å². The molecule has 2 aliphatic rings. The maximum Gasteiger partial charge on any atom is 0.255 e. The van der Waals surface area contributed by atoms with Crippen molar-refractivity contribution in [1.82, 2.24) is 10.1 Å². The van der Waals surface area contributed by atoms with Crippen molar-refractivity contribution in [1.29, 1.82) is 0 Å². The van der Waals surface area contributed by atoms with Crippen LogP contribution in [-0.4, -0.2) is 16.2 Å². The predicted molar refractivity (Wildman–Crippen MR) is 74.9 cm³/mol. The van der Waals surface area contributed by atoms with Gasteiger partial charge in [-0.2, -0.15) is 4.98 Å². The minimum absolute atomic E-state index is 0.0400. The molecule has 112 valence electrons. The number of rotatable bonds is 3. The lowest BCUT2D eigenvalue weighted by Crippen LogP contribution is -2.41. The van der Waals surface area contributed by atoms with Crippen LogP contribution in [0.3, 0.4) is 0 Å².